The molecular weight excluding hydrogens is 219 g/mol. The predicted octanol–water partition coefficient (Wildman–Crippen LogP) is 3.01. The average molecular weight is 231 g/mol. The molecule has 0 bridgehead atoms. The van der Waals surface area contributed by atoms with E-state index in [1.165, 1.54) is 19.2 Å². The molecule has 88 valence electrons. The van der Waals surface area contributed by atoms with Gasteiger partial charge in [-0.05, 0) is 18.1 Å². The highest BCUT2D eigenvalue weighted by Gasteiger charge is 2.39. The number of alkyl halides is 3. The zero-order chi connectivity index (χ0) is 11.8. The fraction of sp³-hybridized carbons (Fsp3) is 0.455. The lowest BCUT2D eigenvalue weighted by Gasteiger charge is -2.39. The Bertz CT molecular complexity index is 376. The highest BCUT2D eigenvalue weighted by Crippen LogP contribution is 2.40. The van der Waals surface area contributed by atoms with Gasteiger partial charge in [0.15, 0.2) is 0 Å². The van der Waals surface area contributed by atoms with Crippen molar-refractivity contribution >= 4 is 0 Å². The minimum atomic E-state index is -4.30. The maximum Gasteiger partial charge on any atom is 0.416 e. The lowest BCUT2D eigenvalue weighted by Crippen LogP contribution is -2.40. The van der Waals surface area contributed by atoms with Gasteiger partial charge in [0.25, 0.3) is 0 Å². The first-order valence-electron chi connectivity index (χ1n) is 5.01. The van der Waals surface area contributed by atoms with Gasteiger partial charge in [0.05, 0.1) is 18.7 Å². The second-order valence-electron chi connectivity index (χ2n) is 3.71. The molecule has 1 atom stereocenters. The van der Waals surface area contributed by atoms with Crippen LogP contribution in [0.2, 0.25) is 0 Å². The standard InChI is InChI=1S/C11H12F3NO/c1-16-15-7-6-10(15)8-4-2-3-5-9(8)11(12,13)14/h2-5,10H,6-7H2,1H3. The van der Waals surface area contributed by atoms with Gasteiger partial charge in [-0.25, -0.2) is 0 Å². The SMILES string of the molecule is CON1CCC1c1ccccc1C(F)(F)F. The molecule has 0 aliphatic carbocycles. The summed E-state index contributed by atoms with van der Waals surface area (Å²) < 4.78 is 38.2. The van der Waals surface area contributed by atoms with Gasteiger partial charge in [-0.2, -0.15) is 18.2 Å². The molecule has 1 aliphatic heterocycles. The third kappa shape index (κ3) is 1.92. The van der Waals surface area contributed by atoms with Crippen LogP contribution in [0.3, 0.4) is 0 Å². The number of hydrogen-bond donors (Lipinski definition) is 0. The quantitative estimate of drug-likeness (QED) is 0.775. The molecule has 0 spiro atoms. The number of hydroxylamine groups is 2. The molecule has 0 amide bonds. The maximum atomic E-state index is 12.7. The van der Waals surface area contributed by atoms with E-state index in [1.807, 2.05) is 0 Å². The zero-order valence-electron chi connectivity index (χ0n) is 8.79. The van der Waals surface area contributed by atoms with Crippen LogP contribution in [0.5, 0.6) is 0 Å². The number of halogens is 3. The summed E-state index contributed by atoms with van der Waals surface area (Å²) in [6, 6.07) is 5.38. The van der Waals surface area contributed by atoms with E-state index in [4.69, 9.17) is 4.84 Å². The molecule has 1 saturated heterocycles. The maximum absolute atomic E-state index is 12.7. The molecule has 0 saturated carbocycles. The minimum Gasteiger partial charge on any atom is -0.302 e. The van der Waals surface area contributed by atoms with Gasteiger partial charge in [0.2, 0.25) is 0 Å². The summed E-state index contributed by atoms with van der Waals surface area (Å²) in [4.78, 5) is 4.99. The summed E-state index contributed by atoms with van der Waals surface area (Å²) in [6.45, 7) is 0.674. The summed E-state index contributed by atoms with van der Waals surface area (Å²) in [6.07, 6.45) is -3.60. The van der Waals surface area contributed by atoms with Crippen LogP contribution in [0.1, 0.15) is 23.6 Å². The summed E-state index contributed by atoms with van der Waals surface area (Å²) in [7, 11) is 1.47. The topological polar surface area (TPSA) is 12.5 Å². The van der Waals surface area contributed by atoms with Crippen molar-refractivity contribution in [3.8, 4) is 0 Å². The molecule has 1 aromatic carbocycles. The van der Waals surface area contributed by atoms with Crippen molar-refractivity contribution < 1.29 is 18.0 Å². The lowest BCUT2D eigenvalue weighted by atomic mass is 9.93. The molecule has 1 heterocycles. The minimum absolute atomic E-state index is 0.275. The van der Waals surface area contributed by atoms with E-state index in [9.17, 15) is 13.2 Å². The molecule has 0 radical (unpaired) electrons. The first-order valence-corrected chi connectivity index (χ1v) is 5.01. The van der Waals surface area contributed by atoms with Gasteiger partial charge in [0, 0.05) is 6.54 Å². The highest BCUT2D eigenvalue weighted by atomic mass is 19.4. The van der Waals surface area contributed by atoms with E-state index in [-0.39, 0.29) is 6.04 Å². The van der Waals surface area contributed by atoms with Crippen LogP contribution in [-0.4, -0.2) is 18.7 Å². The monoisotopic (exact) mass is 231 g/mol. The third-order valence-corrected chi connectivity index (χ3v) is 2.83. The van der Waals surface area contributed by atoms with Crippen LogP contribution in [-0.2, 0) is 11.0 Å². The Kier molecular flexibility index (Phi) is 2.90. The van der Waals surface area contributed by atoms with Crippen molar-refractivity contribution in [3.63, 3.8) is 0 Å². The van der Waals surface area contributed by atoms with Crippen LogP contribution in [0.4, 0.5) is 13.2 Å². The third-order valence-electron chi connectivity index (χ3n) is 2.83. The van der Waals surface area contributed by atoms with E-state index in [0.29, 0.717) is 18.5 Å². The Morgan fingerprint density at radius 2 is 2.00 bits per heavy atom. The Morgan fingerprint density at radius 3 is 2.50 bits per heavy atom. The van der Waals surface area contributed by atoms with Crippen LogP contribution < -0.4 is 0 Å². The molecule has 0 N–H and O–H groups in total. The van der Waals surface area contributed by atoms with Crippen molar-refractivity contribution in [3.05, 3.63) is 35.4 Å². The second-order valence-corrected chi connectivity index (χ2v) is 3.71. The van der Waals surface area contributed by atoms with E-state index < -0.39 is 11.7 Å². The normalized spacial score (nSPS) is 21.9. The molecule has 5 heteroatoms. The number of benzene rings is 1. The fourth-order valence-corrected chi connectivity index (χ4v) is 1.94. The van der Waals surface area contributed by atoms with Crippen molar-refractivity contribution in [2.75, 3.05) is 13.7 Å². The molecular formula is C11H12F3NO. The van der Waals surface area contributed by atoms with Gasteiger partial charge in [-0.15, -0.1) is 0 Å². The molecule has 1 aromatic rings. The Hall–Kier alpha value is -1.07. The number of hydrogen-bond acceptors (Lipinski definition) is 2. The van der Waals surface area contributed by atoms with Gasteiger partial charge >= 0.3 is 6.18 Å². The Morgan fingerprint density at radius 1 is 1.31 bits per heavy atom. The summed E-state index contributed by atoms with van der Waals surface area (Å²) in [5, 5.41) is 1.56. The number of nitrogens with zero attached hydrogens (tertiary/aromatic N) is 1. The molecule has 2 rings (SSSR count). The summed E-state index contributed by atoms with van der Waals surface area (Å²) in [5.41, 5.74) is -0.273. The molecule has 1 fully saturated rings. The van der Waals surface area contributed by atoms with Crippen LogP contribution in [0, 0.1) is 0 Å². The van der Waals surface area contributed by atoms with Gasteiger partial charge in [-0.3, -0.25) is 0 Å². The van der Waals surface area contributed by atoms with Gasteiger partial charge in [0.1, 0.15) is 0 Å². The van der Waals surface area contributed by atoms with Gasteiger partial charge in [-0.1, -0.05) is 18.2 Å². The lowest BCUT2D eigenvalue weighted by molar-refractivity contribution is -0.215. The molecule has 0 aromatic heterocycles. The summed E-state index contributed by atoms with van der Waals surface area (Å²) in [5.74, 6) is 0. The van der Waals surface area contributed by atoms with Gasteiger partial charge < -0.3 is 4.84 Å². The summed E-state index contributed by atoms with van der Waals surface area (Å²) >= 11 is 0. The Labute approximate surface area is 91.6 Å². The first-order chi connectivity index (χ1) is 7.54. The second kappa shape index (κ2) is 4.07. The van der Waals surface area contributed by atoms with Crippen molar-refractivity contribution in [2.24, 2.45) is 0 Å². The van der Waals surface area contributed by atoms with E-state index in [2.05, 4.69) is 0 Å². The van der Waals surface area contributed by atoms with Crippen molar-refractivity contribution in [1.29, 1.82) is 0 Å². The van der Waals surface area contributed by atoms with E-state index >= 15 is 0 Å². The van der Waals surface area contributed by atoms with Crippen molar-refractivity contribution in [2.45, 2.75) is 18.6 Å². The first kappa shape index (κ1) is 11.4. The Balaban J connectivity index is 2.34. The highest BCUT2D eigenvalue weighted by molar-refractivity contribution is 5.33. The fourth-order valence-electron chi connectivity index (χ4n) is 1.94. The molecule has 2 nitrogen and oxygen atoms in total. The molecule has 1 unspecified atom stereocenters. The van der Waals surface area contributed by atoms with Crippen LogP contribution in [0.15, 0.2) is 24.3 Å². The predicted molar refractivity (Wildman–Crippen MR) is 52.5 cm³/mol. The molecule has 16 heavy (non-hydrogen) atoms. The van der Waals surface area contributed by atoms with E-state index in [0.717, 1.165) is 6.07 Å². The smallest absolute Gasteiger partial charge is 0.302 e. The largest absolute Gasteiger partial charge is 0.416 e. The van der Waals surface area contributed by atoms with E-state index in [1.54, 1.807) is 11.1 Å². The van der Waals surface area contributed by atoms with Crippen LogP contribution in [0.25, 0.3) is 0 Å². The molecule has 1 aliphatic rings. The van der Waals surface area contributed by atoms with Crippen LogP contribution >= 0.6 is 0 Å². The number of rotatable bonds is 2. The average Bonchev–Trinajstić information content (AvgIpc) is 2.16. The zero-order valence-corrected chi connectivity index (χ0v) is 8.79. The van der Waals surface area contributed by atoms with Crippen molar-refractivity contribution in [1.82, 2.24) is 5.06 Å².